The molecule has 2 aliphatic heterocycles. The maximum atomic E-state index is 12.0. The van der Waals surface area contributed by atoms with Gasteiger partial charge in [0.15, 0.2) is 12.4 Å². The highest BCUT2D eigenvalue weighted by molar-refractivity contribution is 9.09. The standard InChI is InChI=1S/C14H17BrO3.C14H18O4/c1-9-8-17-13(15)12(10(9)2)18-14(16)11-6-4-3-5-7-11;1-9-8-17-14(16)12(10(9)2)18-13(15)11-6-4-3-5-7-11/h3-7,9-10,12-13H,8H2,1-2H3;3-7,9-10,12,14,16H,8H2,1-2H3/t9-,10-,12?,13+;9-,10-,12?,14+/m00/s1. The van der Waals surface area contributed by atoms with Crippen molar-refractivity contribution in [2.45, 2.75) is 51.2 Å². The number of hydrogen-bond acceptors (Lipinski definition) is 7. The molecular formula is C28H35BrO7. The SMILES string of the molecule is C[C@@H]1C(OC(=O)c2ccccc2)[C@H](Br)OC[C@@H]1C.C[C@@H]1C(OC(=O)c2ccccc2)[C@H](O)OC[C@@H]1C. The van der Waals surface area contributed by atoms with Gasteiger partial charge in [0.05, 0.1) is 24.3 Å². The summed E-state index contributed by atoms with van der Waals surface area (Å²) in [7, 11) is 0. The Kier molecular flexibility index (Phi) is 10.5. The fraction of sp³-hybridized carbons (Fsp3) is 0.500. The van der Waals surface area contributed by atoms with Crippen molar-refractivity contribution in [2.75, 3.05) is 13.2 Å². The minimum absolute atomic E-state index is 0.0708. The number of ether oxygens (including phenoxy) is 4. The molecule has 2 unspecified atom stereocenters. The van der Waals surface area contributed by atoms with Crippen molar-refractivity contribution in [1.29, 1.82) is 0 Å². The Morgan fingerprint density at radius 3 is 1.67 bits per heavy atom. The molecule has 2 saturated heterocycles. The van der Waals surface area contributed by atoms with Crippen molar-refractivity contribution >= 4 is 27.9 Å². The lowest BCUT2D eigenvalue weighted by atomic mass is 9.88. The zero-order chi connectivity index (χ0) is 26.2. The van der Waals surface area contributed by atoms with Crippen LogP contribution < -0.4 is 0 Å². The molecule has 0 bridgehead atoms. The quantitative estimate of drug-likeness (QED) is 0.411. The number of carbonyl (C=O) groups excluding carboxylic acids is 2. The molecule has 0 radical (unpaired) electrons. The molecule has 8 heteroatoms. The second-order valence-electron chi connectivity index (χ2n) is 9.55. The normalized spacial score (nSPS) is 31.9. The first-order valence-electron chi connectivity index (χ1n) is 12.3. The number of benzene rings is 2. The second-order valence-corrected chi connectivity index (χ2v) is 10.5. The van der Waals surface area contributed by atoms with Crippen LogP contribution in [0.5, 0.6) is 0 Å². The minimum Gasteiger partial charge on any atom is -0.455 e. The van der Waals surface area contributed by atoms with Crippen LogP contribution in [-0.4, -0.2) is 53.8 Å². The molecule has 0 aliphatic carbocycles. The first-order valence-corrected chi connectivity index (χ1v) is 13.2. The Bertz CT molecular complexity index is 891. The van der Waals surface area contributed by atoms with Gasteiger partial charge in [0.25, 0.3) is 0 Å². The zero-order valence-corrected chi connectivity index (χ0v) is 22.7. The zero-order valence-electron chi connectivity index (χ0n) is 21.1. The van der Waals surface area contributed by atoms with E-state index in [1.807, 2.05) is 38.1 Å². The molecule has 7 nitrogen and oxygen atoms in total. The van der Waals surface area contributed by atoms with Crippen molar-refractivity contribution in [2.24, 2.45) is 23.7 Å². The van der Waals surface area contributed by atoms with E-state index in [1.54, 1.807) is 36.4 Å². The molecule has 0 aromatic heterocycles. The summed E-state index contributed by atoms with van der Waals surface area (Å²) >= 11 is 3.42. The second kappa shape index (κ2) is 13.3. The van der Waals surface area contributed by atoms with Crippen LogP contribution in [0.3, 0.4) is 0 Å². The molecule has 4 rings (SSSR count). The van der Waals surface area contributed by atoms with Gasteiger partial charge in [-0.05, 0) is 36.1 Å². The van der Waals surface area contributed by atoms with E-state index < -0.39 is 18.4 Å². The summed E-state index contributed by atoms with van der Waals surface area (Å²) in [6, 6.07) is 17.8. The highest BCUT2D eigenvalue weighted by Crippen LogP contribution is 2.31. The third-order valence-corrected chi connectivity index (χ3v) is 7.71. The summed E-state index contributed by atoms with van der Waals surface area (Å²) in [5, 5.41) is 9.53. The number of rotatable bonds is 4. The molecule has 36 heavy (non-hydrogen) atoms. The highest BCUT2D eigenvalue weighted by atomic mass is 79.9. The van der Waals surface area contributed by atoms with Gasteiger partial charge >= 0.3 is 11.9 Å². The molecule has 2 aliphatic rings. The molecule has 2 aromatic rings. The lowest BCUT2D eigenvalue weighted by molar-refractivity contribution is -0.218. The van der Waals surface area contributed by atoms with Crippen molar-refractivity contribution in [3.63, 3.8) is 0 Å². The number of aliphatic hydroxyl groups is 1. The van der Waals surface area contributed by atoms with Gasteiger partial charge in [0, 0.05) is 11.8 Å². The number of carbonyl (C=O) groups is 2. The number of halogens is 1. The van der Waals surface area contributed by atoms with Crippen LogP contribution in [0.25, 0.3) is 0 Å². The predicted octanol–water partition coefficient (Wildman–Crippen LogP) is 5.07. The Morgan fingerprint density at radius 2 is 1.17 bits per heavy atom. The maximum Gasteiger partial charge on any atom is 0.338 e. The number of esters is 2. The molecule has 2 fully saturated rings. The van der Waals surface area contributed by atoms with Crippen molar-refractivity contribution < 1.29 is 33.6 Å². The van der Waals surface area contributed by atoms with Gasteiger partial charge in [-0.3, -0.25) is 0 Å². The van der Waals surface area contributed by atoms with E-state index in [0.29, 0.717) is 30.3 Å². The molecule has 1 N–H and O–H groups in total. The highest BCUT2D eigenvalue weighted by Gasteiger charge is 2.38. The number of aliphatic hydroxyl groups excluding tert-OH is 1. The minimum atomic E-state index is -1.04. The maximum absolute atomic E-state index is 12.0. The first kappa shape index (κ1) is 28.3. The van der Waals surface area contributed by atoms with Gasteiger partial charge in [-0.25, -0.2) is 9.59 Å². The van der Waals surface area contributed by atoms with Crippen LogP contribution in [0.15, 0.2) is 60.7 Å². The Labute approximate surface area is 221 Å². The smallest absolute Gasteiger partial charge is 0.338 e. The fourth-order valence-electron chi connectivity index (χ4n) is 3.99. The molecule has 2 aromatic carbocycles. The predicted molar refractivity (Wildman–Crippen MR) is 139 cm³/mol. The van der Waals surface area contributed by atoms with Crippen LogP contribution in [0.1, 0.15) is 48.4 Å². The molecule has 0 spiro atoms. The van der Waals surface area contributed by atoms with E-state index in [9.17, 15) is 14.7 Å². The van der Waals surface area contributed by atoms with Gasteiger partial charge in [-0.15, -0.1) is 0 Å². The lowest BCUT2D eigenvalue weighted by Crippen LogP contribution is -2.46. The third-order valence-electron chi connectivity index (χ3n) is 6.92. The Balaban J connectivity index is 0.000000201. The van der Waals surface area contributed by atoms with Gasteiger partial charge in [0.2, 0.25) is 0 Å². The van der Waals surface area contributed by atoms with Crippen molar-refractivity contribution in [3.05, 3.63) is 71.8 Å². The van der Waals surface area contributed by atoms with Gasteiger partial charge in [-0.1, -0.05) is 80.0 Å². The summed E-state index contributed by atoms with van der Waals surface area (Å²) in [4.78, 5) is 23.9. The van der Waals surface area contributed by atoms with Crippen LogP contribution in [0, 0.1) is 23.7 Å². The molecular weight excluding hydrogens is 528 g/mol. The molecule has 0 amide bonds. The summed E-state index contributed by atoms with van der Waals surface area (Å²) in [5.74, 6) is 0.255. The van der Waals surface area contributed by atoms with E-state index >= 15 is 0 Å². The molecule has 0 saturated carbocycles. The van der Waals surface area contributed by atoms with Crippen molar-refractivity contribution in [3.8, 4) is 0 Å². The summed E-state index contributed by atoms with van der Waals surface area (Å²) < 4.78 is 21.7. The Hall–Kier alpha value is -2.26. The van der Waals surface area contributed by atoms with Crippen LogP contribution in [0.2, 0.25) is 0 Å². The fourth-order valence-corrected chi connectivity index (χ4v) is 4.73. The van der Waals surface area contributed by atoms with Crippen molar-refractivity contribution in [1.82, 2.24) is 0 Å². The first-order chi connectivity index (χ1) is 17.2. The lowest BCUT2D eigenvalue weighted by Gasteiger charge is -2.37. The summed E-state index contributed by atoms with van der Waals surface area (Å²) in [5.41, 5.74) is 1.05. The monoisotopic (exact) mass is 562 g/mol. The molecule has 196 valence electrons. The van der Waals surface area contributed by atoms with Crippen LogP contribution in [-0.2, 0) is 18.9 Å². The van der Waals surface area contributed by atoms with E-state index in [2.05, 4.69) is 29.8 Å². The Morgan fingerprint density at radius 1 is 0.750 bits per heavy atom. The van der Waals surface area contributed by atoms with E-state index in [4.69, 9.17) is 18.9 Å². The van der Waals surface area contributed by atoms with Gasteiger partial charge < -0.3 is 24.1 Å². The van der Waals surface area contributed by atoms with Crippen LogP contribution in [0.4, 0.5) is 0 Å². The molecule has 2 heterocycles. The number of alkyl halides is 1. The summed E-state index contributed by atoms with van der Waals surface area (Å²) in [6.07, 6.45) is -1.90. The van der Waals surface area contributed by atoms with E-state index in [1.165, 1.54) is 0 Å². The molecule has 8 atom stereocenters. The average molecular weight is 563 g/mol. The van der Waals surface area contributed by atoms with Gasteiger partial charge in [-0.2, -0.15) is 0 Å². The third kappa shape index (κ3) is 7.38. The van der Waals surface area contributed by atoms with E-state index in [0.717, 1.165) is 0 Å². The summed E-state index contributed by atoms with van der Waals surface area (Å²) in [6.45, 7) is 9.34. The largest absolute Gasteiger partial charge is 0.455 e. The van der Waals surface area contributed by atoms with E-state index in [-0.39, 0.29) is 34.8 Å². The number of hydrogen-bond donors (Lipinski definition) is 1. The van der Waals surface area contributed by atoms with Gasteiger partial charge in [0.1, 0.15) is 11.1 Å². The average Bonchev–Trinajstić information content (AvgIpc) is 2.90. The van der Waals surface area contributed by atoms with Crippen LogP contribution >= 0.6 is 15.9 Å². The topological polar surface area (TPSA) is 91.3 Å².